The Kier molecular flexibility index (Phi) is 7.24. The van der Waals surface area contributed by atoms with Crippen LogP contribution in [0.5, 0.6) is 0 Å². The van der Waals surface area contributed by atoms with Gasteiger partial charge in [0.25, 0.3) is 11.8 Å². The van der Waals surface area contributed by atoms with Crippen molar-refractivity contribution >= 4 is 35.0 Å². The van der Waals surface area contributed by atoms with E-state index in [2.05, 4.69) is 20.6 Å². The molecule has 2 aromatic rings. The van der Waals surface area contributed by atoms with Crippen LogP contribution >= 0.6 is 11.6 Å². The highest BCUT2D eigenvalue weighted by molar-refractivity contribution is 6.33. The summed E-state index contributed by atoms with van der Waals surface area (Å²) in [5.74, 6) is -1.45. The predicted molar refractivity (Wildman–Crippen MR) is 121 cm³/mol. The summed E-state index contributed by atoms with van der Waals surface area (Å²) in [4.78, 5) is 45.7. The summed E-state index contributed by atoms with van der Waals surface area (Å²) in [7, 11) is 0. The molecule has 1 aliphatic heterocycles. The van der Waals surface area contributed by atoms with Gasteiger partial charge in [-0.3, -0.25) is 19.4 Å². The van der Waals surface area contributed by atoms with Gasteiger partial charge in [0.2, 0.25) is 5.91 Å². The first-order valence-electron chi connectivity index (χ1n) is 11.1. The molecule has 33 heavy (non-hydrogen) atoms. The molecule has 2 fully saturated rings. The Morgan fingerprint density at radius 1 is 1.21 bits per heavy atom. The normalized spacial score (nSPS) is 22.6. The van der Waals surface area contributed by atoms with Crippen molar-refractivity contribution in [1.29, 1.82) is 0 Å². The van der Waals surface area contributed by atoms with Crippen LogP contribution in [-0.2, 0) is 9.53 Å². The SMILES string of the molecule is NC(=O)c1c(C(=O)NCC2CCCO2)ncn1[C@H]1CC[C@H](C(=O)Nc2cnccc2Cl)CC1. The number of carbonyl (C=O) groups excluding carboxylic acids is 3. The maximum absolute atomic E-state index is 12.7. The summed E-state index contributed by atoms with van der Waals surface area (Å²) in [6.45, 7) is 1.06. The smallest absolute Gasteiger partial charge is 0.272 e. The maximum atomic E-state index is 12.7. The van der Waals surface area contributed by atoms with E-state index in [0.717, 1.165) is 12.8 Å². The number of amides is 3. The van der Waals surface area contributed by atoms with Crippen molar-refractivity contribution in [3.05, 3.63) is 41.2 Å². The molecule has 3 heterocycles. The number of anilines is 1. The largest absolute Gasteiger partial charge is 0.376 e. The second-order valence-corrected chi connectivity index (χ2v) is 8.82. The third kappa shape index (κ3) is 5.33. The number of carbonyl (C=O) groups is 3. The minimum absolute atomic E-state index is 0.0176. The van der Waals surface area contributed by atoms with Gasteiger partial charge in [-0.05, 0) is 44.6 Å². The zero-order valence-corrected chi connectivity index (χ0v) is 18.9. The standard InChI is InChI=1S/C22H27ClN6O4/c23-16-7-8-25-11-17(16)28-21(31)13-3-5-14(6-4-13)29-12-27-18(19(29)20(24)30)22(32)26-10-15-2-1-9-33-15/h7-8,11-15H,1-6,9-10H2,(H2,24,30)(H,26,32)(H,28,31)/t13-,14-,15?. The lowest BCUT2D eigenvalue weighted by atomic mass is 9.85. The Bertz CT molecular complexity index is 1030. The molecule has 1 saturated heterocycles. The molecular formula is C22H27ClN6O4. The minimum atomic E-state index is -0.708. The Balaban J connectivity index is 1.38. The second-order valence-electron chi connectivity index (χ2n) is 8.41. The van der Waals surface area contributed by atoms with Crippen molar-refractivity contribution in [2.75, 3.05) is 18.5 Å². The third-order valence-corrected chi connectivity index (χ3v) is 6.57. The topological polar surface area (TPSA) is 141 Å². The van der Waals surface area contributed by atoms with Crippen LogP contribution in [-0.4, -0.2) is 51.5 Å². The fourth-order valence-electron chi connectivity index (χ4n) is 4.46. The van der Waals surface area contributed by atoms with E-state index in [4.69, 9.17) is 22.1 Å². The van der Waals surface area contributed by atoms with Crippen molar-refractivity contribution < 1.29 is 19.1 Å². The Morgan fingerprint density at radius 3 is 2.67 bits per heavy atom. The quantitative estimate of drug-likeness (QED) is 0.562. The second kappa shape index (κ2) is 10.3. The molecule has 0 spiro atoms. The van der Waals surface area contributed by atoms with E-state index in [-0.39, 0.29) is 35.4 Å². The summed E-state index contributed by atoms with van der Waals surface area (Å²) in [6.07, 6.45) is 8.93. The van der Waals surface area contributed by atoms with Crippen molar-refractivity contribution in [2.45, 2.75) is 50.7 Å². The van der Waals surface area contributed by atoms with E-state index in [1.807, 2.05) is 0 Å². The summed E-state index contributed by atoms with van der Waals surface area (Å²) in [5.41, 5.74) is 6.21. The molecule has 1 saturated carbocycles. The van der Waals surface area contributed by atoms with Crippen LogP contribution in [0.4, 0.5) is 5.69 Å². The minimum Gasteiger partial charge on any atom is -0.376 e. The van der Waals surface area contributed by atoms with E-state index < -0.39 is 11.8 Å². The van der Waals surface area contributed by atoms with Crippen LogP contribution in [0.1, 0.15) is 65.5 Å². The van der Waals surface area contributed by atoms with Gasteiger partial charge in [0, 0.05) is 31.3 Å². The molecule has 4 rings (SSSR count). The number of hydrogen-bond donors (Lipinski definition) is 3. The zero-order valence-electron chi connectivity index (χ0n) is 18.1. The molecule has 0 aromatic carbocycles. The van der Waals surface area contributed by atoms with E-state index >= 15 is 0 Å². The Hall–Kier alpha value is -2.98. The third-order valence-electron chi connectivity index (χ3n) is 6.24. The summed E-state index contributed by atoms with van der Waals surface area (Å²) in [6, 6.07) is 1.54. The van der Waals surface area contributed by atoms with Gasteiger partial charge >= 0.3 is 0 Å². The highest BCUT2D eigenvalue weighted by Crippen LogP contribution is 2.34. The average molecular weight is 475 g/mol. The van der Waals surface area contributed by atoms with Gasteiger partial charge in [-0.25, -0.2) is 4.98 Å². The van der Waals surface area contributed by atoms with Crippen molar-refractivity contribution in [3.63, 3.8) is 0 Å². The lowest BCUT2D eigenvalue weighted by molar-refractivity contribution is -0.121. The molecule has 176 valence electrons. The molecule has 0 radical (unpaired) electrons. The number of pyridine rings is 1. The summed E-state index contributed by atoms with van der Waals surface area (Å²) < 4.78 is 7.19. The first-order valence-corrected chi connectivity index (χ1v) is 11.5. The van der Waals surface area contributed by atoms with Gasteiger partial charge in [0.1, 0.15) is 5.69 Å². The first kappa shape index (κ1) is 23.2. The van der Waals surface area contributed by atoms with Gasteiger partial charge in [0.05, 0.1) is 29.3 Å². The molecule has 0 bridgehead atoms. The van der Waals surface area contributed by atoms with Gasteiger partial charge in [-0.1, -0.05) is 11.6 Å². The number of aromatic nitrogens is 3. The van der Waals surface area contributed by atoms with Crippen LogP contribution in [0, 0.1) is 5.92 Å². The summed E-state index contributed by atoms with van der Waals surface area (Å²) >= 11 is 6.10. The molecule has 4 N–H and O–H groups in total. The lowest BCUT2D eigenvalue weighted by Crippen LogP contribution is -2.34. The number of nitrogens with zero attached hydrogens (tertiary/aromatic N) is 3. The number of ether oxygens (including phenoxy) is 1. The van der Waals surface area contributed by atoms with E-state index in [9.17, 15) is 14.4 Å². The highest BCUT2D eigenvalue weighted by atomic mass is 35.5. The molecule has 1 aliphatic carbocycles. The van der Waals surface area contributed by atoms with E-state index in [1.165, 1.54) is 12.5 Å². The van der Waals surface area contributed by atoms with Crippen molar-refractivity contribution in [2.24, 2.45) is 11.7 Å². The molecule has 1 unspecified atom stereocenters. The predicted octanol–water partition coefficient (Wildman–Crippen LogP) is 2.31. The van der Waals surface area contributed by atoms with Gasteiger partial charge < -0.3 is 25.7 Å². The number of nitrogens with one attached hydrogen (secondary N) is 2. The van der Waals surface area contributed by atoms with Crippen LogP contribution in [0.15, 0.2) is 24.8 Å². The maximum Gasteiger partial charge on any atom is 0.272 e. The number of nitrogens with two attached hydrogens (primary N) is 1. The molecule has 1 atom stereocenters. The Morgan fingerprint density at radius 2 is 2.00 bits per heavy atom. The van der Waals surface area contributed by atoms with Crippen LogP contribution < -0.4 is 16.4 Å². The van der Waals surface area contributed by atoms with Crippen molar-refractivity contribution in [3.8, 4) is 0 Å². The van der Waals surface area contributed by atoms with Crippen molar-refractivity contribution in [1.82, 2.24) is 19.9 Å². The number of imidazole rings is 1. The molecule has 10 nitrogen and oxygen atoms in total. The monoisotopic (exact) mass is 474 g/mol. The number of hydrogen-bond acceptors (Lipinski definition) is 6. The van der Waals surface area contributed by atoms with Gasteiger partial charge in [-0.2, -0.15) is 0 Å². The summed E-state index contributed by atoms with van der Waals surface area (Å²) in [5, 5.41) is 6.05. The molecule has 3 amide bonds. The van der Waals surface area contributed by atoms with Crippen LogP contribution in [0.3, 0.4) is 0 Å². The molecule has 2 aromatic heterocycles. The average Bonchev–Trinajstić information content (AvgIpc) is 3.49. The van der Waals surface area contributed by atoms with Gasteiger partial charge in [-0.15, -0.1) is 0 Å². The zero-order chi connectivity index (χ0) is 23.4. The molecule has 2 aliphatic rings. The fourth-order valence-corrected chi connectivity index (χ4v) is 4.62. The molecule has 11 heteroatoms. The van der Waals surface area contributed by atoms with Gasteiger partial charge in [0.15, 0.2) is 5.69 Å². The van der Waals surface area contributed by atoms with E-state index in [1.54, 1.807) is 16.8 Å². The number of primary amides is 1. The fraction of sp³-hybridized carbons (Fsp3) is 0.500. The van der Waals surface area contributed by atoms with E-state index in [0.29, 0.717) is 49.5 Å². The first-order chi connectivity index (χ1) is 15.9. The molecular weight excluding hydrogens is 448 g/mol. The van der Waals surface area contributed by atoms with Crippen LogP contribution in [0.2, 0.25) is 5.02 Å². The highest BCUT2D eigenvalue weighted by Gasteiger charge is 2.31. The van der Waals surface area contributed by atoms with Crippen LogP contribution in [0.25, 0.3) is 0 Å². The Labute approximate surface area is 196 Å². The number of halogens is 1. The number of rotatable bonds is 7. The lowest BCUT2D eigenvalue weighted by Gasteiger charge is -2.29.